The van der Waals surface area contributed by atoms with Gasteiger partial charge in [0.1, 0.15) is 18.4 Å². The Morgan fingerprint density at radius 1 is 0.670 bits per heavy atom. The molecule has 1 unspecified atom stereocenters. The lowest BCUT2D eigenvalue weighted by molar-refractivity contribution is -0.274. The number of ether oxygens (including phenoxy) is 1. The molecular formula is C66H60F6N12O5S2. The van der Waals surface area contributed by atoms with Crippen molar-refractivity contribution in [2.24, 2.45) is 9.98 Å². The fraction of sp³-hybridized carbons (Fsp3) is 0.273. The first-order chi connectivity index (χ1) is 43.5. The fourth-order valence-electron chi connectivity index (χ4n) is 9.99. The van der Waals surface area contributed by atoms with E-state index >= 15 is 0 Å². The molecule has 2 fully saturated rings. The van der Waals surface area contributed by atoms with E-state index in [2.05, 4.69) is 57.4 Å². The Balaban J connectivity index is 0.750. The number of halogens is 6. The molecule has 17 nitrogen and oxygen atoms in total. The molecule has 2 aliphatic heterocycles. The second-order valence-corrected chi connectivity index (χ2v) is 24.0. The summed E-state index contributed by atoms with van der Waals surface area (Å²) in [4.78, 5) is 76.0. The molecule has 25 heteroatoms. The van der Waals surface area contributed by atoms with E-state index in [1.165, 1.54) is 91.7 Å². The van der Waals surface area contributed by atoms with Crippen LogP contribution in [0.5, 0.6) is 5.75 Å². The van der Waals surface area contributed by atoms with Crippen molar-refractivity contribution < 1.29 is 50.3 Å². The number of rotatable bonds is 18. The summed E-state index contributed by atoms with van der Waals surface area (Å²) in [6.45, 7) is 10.5. The molecular weight excluding hydrogens is 1220 g/mol. The first kappa shape index (κ1) is 64.4. The second kappa shape index (κ2) is 28.1. The number of anilines is 2. The highest BCUT2D eigenvalue weighted by atomic mass is 32.2. The van der Waals surface area contributed by atoms with E-state index in [0.29, 0.717) is 58.5 Å². The fourth-order valence-corrected chi connectivity index (χ4v) is 12.0. The van der Waals surface area contributed by atoms with Gasteiger partial charge in [-0.15, -0.1) is 23.4 Å². The summed E-state index contributed by atoms with van der Waals surface area (Å²) >= 11 is 2.35. The number of alkyl halides is 6. The van der Waals surface area contributed by atoms with E-state index in [0.717, 1.165) is 58.4 Å². The van der Waals surface area contributed by atoms with Gasteiger partial charge in [0.15, 0.2) is 22.0 Å². The number of aromatic nitrogens is 6. The third-order valence-corrected chi connectivity index (χ3v) is 16.6. The number of carbonyl (C=O) groups is 4. The summed E-state index contributed by atoms with van der Waals surface area (Å²) in [6, 6.07) is 35.1. The quantitative estimate of drug-likeness (QED) is 0.0471. The third kappa shape index (κ3) is 16.3. The van der Waals surface area contributed by atoms with E-state index in [-0.39, 0.29) is 64.9 Å². The van der Waals surface area contributed by atoms with Crippen LogP contribution < -0.4 is 25.2 Å². The van der Waals surface area contributed by atoms with Gasteiger partial charge in [-0.2, -0.15) is 23.2 Å². The van der Waals surface area contributed by atoms with Crippen molar-refractivity contribution >= 4 is 69.1 Å². The number of unbranched alkanes of at least 4 members (excludes halogenated alkanes) is 1. The van der Waals surface area contributed by atoms with Gasteiger partial charge in [-0.3, -0.25) is 19.4 Å². The summed E-state index contributed by atoms with van der Waals surface area (Å²) in [6.07, 6.45) is -3.72. The van der Waals surface area contributed by atoms with Gasteiger partial charge in [0.25, 0.3) is 0 Å². The van der Waals surface area contributed by atoms with Crippen molar-refractivity contribution in [2.75, 3.05) is 28.6 Å². The second-order valence-electron chi connectivity index (χ2n) is 21.9. The topological polar surface area (TPSA) is 194 Å². The number of amides is 6. The number of urea groups is 2. The minimum absolute atomic E-state index is 0.0217. The molecule has 2 N–H and O–H groups in total. The van der Waals surface area contributed by atoms with Crippen molar-refractivity contribution in [1.82, 2.24) is 40.2 Å². The van der Waals surface area contributed by atoms with Crippen LogP contribution in [0.15, 0.2) is 156 Å². The molecule has 2 aromatic heterocycles. The Bertz CT molecular complexity index is 4100. The van der Waals surface area contributed by atoms with Crippen LogP contribution in [0.4, 0.5) is 47.3 Å². The molecule has 91 heavy (non-hydrogen) atoms. The molecule has 10 rings (SSSR count). The Hall–Kier alpha value is -9.54. The highest BCUT2D eigenvalue weighted by Crippen LogP contribution is 2.41. The molecule has 2 aliphatic rings. The van der Waals surface area contributed by atoms with Crippen LogP contribution in [0, 0.1) is 18.8 Å². The Morgan fingerprint density at radius 3 is 1.84 bits per heavy atom. The normalized spacial score (nSPS) is 15.3. The zero-order chi connectivity index (χ0) is 64.6. The van der Waals surface area contributed by atoms with Gasteiger partial charge in [-0.1, -0.05) is 112 Å². The minimum Gasteiger partial charge on any atom is -0.406 e. The number of hydrogen-bond acceptors (Lipinski definition) is 11. The molecule has 1 atom stereocenters. The minimum atomic E-state index is -4.80. The first-order valence-corrected chi connectivity index (χ1v) is 30.9. The number of thioether (sulfide) groups is 2. The van der Waals surface area contributed by atoms with Crippen LogP contribution in [-0.2, 0) is 28.6 Å². The molecule has 6 amide bonds. The van der Waals surface area contributed by atoms with E-state index in [1.54, 1.807) is 24.3 Å². The summed E-state index contributed by atoms with van der Waals surface area (Å²) in [5, 5.41) is 14.3. The molecule has 0 spiro atoms. The molecule has 0 saturated carbocycles. The Kier molecular flexibility index (Phi) is 19.9. The van der Waals surface area contributed by atoms with Gasteiger partial charge in [-0.05, 0) is 157 Å². The average Bonchev–Trinajstić information content (AvgIpc) is 1.73. The Morgan fingerprint density at radius 2 is 1.23 bits per heavy atom. The lowest BCUT2D eigenvalue weighted by atomic mass is 9.96. The predicted molar refractivity (Wildman–Crippen MR) is 340 cm³/mol. The molecule has 4 heterocycles. The number of carbonyl (C=O) groups excluding carboxylic acids is 4. The van der Waals surface area contributed by atoms with Gasteiger partial charge in [0, 0.05) is 36.2 Å². The first-order valence-electron chi connectivity index (χ1n) is 29.0. The van der Waals surface area contributed by atoms with Crippen molar-refractivity contribution in [3.8, 4) is 51.7 Å². The molecule has 0 aliphatic carbocycles. The maximum Gasteiger partial charge on any atom is 0.573 e. The molecule has 0 radical (unpaired) electrons. The summed E-state index contributed by atoms with van der Waals surface area (Å²) in [7, 11) is 0. The monoisotopic (exact) mass is 1280 g/mol. The van der Waals surface area contributed by atoms with Crippen LogP contribution in [0.1, 0.15) is 97.7 Å². The summed E-state index contributed by atoms with van der Waals surface area (Å²) in [5.41, 5.74) is 7.93. The number of aryl methyl sites for hydroxylation is 2. The van der Waals surface area contributed by atoms with Crippen LogP contribution in [0.3, 0.4) is 0 Å². The lowest BCUT2D eigenvalue weighted by Crippen LogP contribution is -2.35. The molecule has 468 valence electrons. The third-order valence-electron chi connectivity index (χ3n) is 14.6. The maximum atomic E-state index is 14.8. The van der Waals surface area contributed by atoms with E-state index < -0.39 is 35.4 Å². The van der Waals surface area contributed by atoms with Crippen molar-refractivity contribution in [3.63, 3.8) is 0 Å². The van der Waals surface area contributed by atoms with E-state index in [4.69, 9.17) is 0 Å². The lowest BCUT2D eigenvalue weighted by Gasteiger charge is -2.23. The van der Waals surface area contributed by atoms with Crippen molar-refractivity contribution in [2.45, 2.75) is 96.3 Å². The molecule has 8 aromatic rings. The molecule has 6 aromatic carbocycles. The number of amidine groups is 2. The Labute approximate surface area is 528 Å². The van der Waals surface area contributed by atoms with Gasteiger partial charge < -0.3 is 15.4 Å². The van der Waals surface area contributed by atoms with E-state index in [1.807, 2.05) is 95.3 Å². The smallest absolute Gasteiger partial charge is 0.406 e. The maximum absolute atomic E-state index is 14.8. The summed E-state index contributed by atoms with van der Waals surface area (Å²) in [5.74, 6) is 6.15. The van der Waals surface area contributed by atoms with Crippen LogP contribution in [0.2, 0.25) is 0 Å². The highest BCUT2D eigenvalue weighted by Gasteiger charge is 2.41. The van der Waals surface area contributed by atoms with Crippen molar-refractivity contribution in [1.29, 1.82) is 0 Å². The number of benzene rings is 6. The zero-order valence-electron chi connectivity index (χ0n) is 49.8. The van der Waals surface area contributed by atoms with Gasteiger partial charge in [0.2, 0.25) is 11.8 Å². The van der Waals surface area contributed by atoms with Gasteiger partial charge >= 0.3 is 24.6 Å². The van der Waals surface area contributed by atoms with Crippen LogP contribution in [-0.4, -0.2) is 94.2 Å². The molecule has 0 bridgehead atoms. The number of nitrogens with zero attached hydrogens (tertiary/aromatic N) is 10. The highest BCUT2D eigenvalue weighted by molar-refractivity contribution is 8.16. The van der Waals surface area contributed by atoms with Gasteiger partial charge in [0.05, 0.1) is 39.3 Å². The standard InChI is InChI=1S/C66H60F6N12O5S2/c1-40(2)52-30-12-42(5)34-54(52)84-60(86)56(91-64(84)78-62(88)74-33-9-7-11-44-15-20-47(21-16-44)59-76-39-82(80-59)50-26-28-51(29-27-50)89-66(70,71)72)36-45-17-31-53(41(3)4)55(35-45)83-57(85)37-90-63(83)77-61(87)73-32-8-6-10-43-13-18-46(19-14-43)58-75-38-81(79-58)49-24-22-48(23-25-49)65(67,68)69/h12-31,34-35,38-41,56H,6,8-10,32-33,36-37H2,1-5H3,(H,73,87)(H,74,88). The number of nitrogens with one attached hydrogen (secondary N) is 2. The molecule has 2 saturated heterocycles. The van der Waals surface area contributed by atoms with E-state index in [9.17, 15) is 45.5 Å². The largest absolute Gasteiger partial charge is 0.573 e. The van der Waals surface area contributed by atoms with Crippen LogP contribution in [0.25, 0.3) is 34.2 Å². The zero-order valence-corrected chi connectivity index (χ0v) is 51.5. The predicted octanol–water partition coefficient (Wildman–Crippen LogP) is 14.0. The SMILES string of the molecule is Cc1ccc(C(C)C)c(N2C(=O)C(Cc3ccc(C(C)C)c(N4C(=O)CSC4=NC(=O)NCCCCc4ccc(-c5ncn(-c6ccc(C(F)(F)F)cc6)n5)cc4)c3)SC2=NC(=O)NCCC#Cc2ccc(-c3ncn(-c4ccc(OC(F)(F)F)cc4)n3)cc2)c1. The number of hydrogen-bond donors (Lipinski definition) is 2. The average molecular weight is 1280 g/mol. The number of aliphatic imine (C=N–C) groups is 2. The van der Waals surface area contributed by atoms with Crippen LogP contribution >= 0.6 is 23.5 Å². The van der Waals surface area contributed by atoms with Crippen molar-refractivity contribution in [3.05, 3.63) is 185 Å². The summed E-state index contributed by atoms with van der Waals surface area (Å²) < 4.78 is 83.7. The van der Waals surface area contributed by atoms with Gasteiger partial charge in [-0.25, -0.2) is 28.9 Å².